The first-order chi connectivity index (χ1) is 8.91. The number of alkyl halides is 1. The summed E-state index contributed by atoms with van der Waals surface area (Å²) < 4.78 is 16.2. The van der Waals surface area contributed by atoms with Crippen molar-refractivity contribution in [3.05, 3.63) is 10.1 Å². The molecular weight excluding hydrogens is 384 g/mol. The molecule has 0 N–H and O–H groups in total. The van der Waals surface area contributed by atoms with E-state index in [2.05, 4.69) is 31.9 Å². The quantitative estimate of drug-likeness (QED) is 0.507. The van der Waals surface area contributed by atoms with E-state index < -0.39 is 23.8 Å². The molecule has 0 bridgehead atoms. The summed E-state index contributed by atoms with van der Waals surface area (Å²) in [5.74, 6) is -2.15. The van der Waals surface area contributed by atoms with Crippen molar-refractivity contribution in [1.29, 1.82) is 0 Å². The van der Waals surface area contributed by atoms with E-state index in [0.29, 0.717) is 16.5 Å². The largest absolute Gasteiger partial charge is 0.457 e. The Kier molecular flexibility index (Phi) is 6.01. The van der Waals surface area contributed by atoms with Gasteiger partial charge in [0.15, 0.2) is 0 Å². The van der Waals surface area contributed by atoms with Crippen LogP contribution in [0.1, 0.15) is 26.7 Å². The van der Waals surface area contributed by atoms with Crippen molar-refractivity contribution in [2.45, 2.75) is 38.6 Å². The minimum absolute atomic E-state index is 0.283. The number of cyclic esters (lactones) is 1. The van der Waals surface area contributed by atoms with Crippen LogP contribution in [-0.4, -0.2) is 36.3 Å². The summed E-state index contributed by atoms with van der Waals surface area (Å²) in [5, 5.41) is 0.283. The molecule has 7 heteroatoms. The molecule has 0 radical (unpaired) electrons. The van der Waals surface area contributed by atoms with Gasteiger partial charge in [-0.2, -0.15) is 0 Å². The zero-order valence-electron chi connectivity index (χ0n) is 11.0. The highest BCUT2D eigenvalue weighted by molar-refractivity contribution is 9.12. The number of hydrogen-bond acceptors (Lipinski definition) is 5. The second-order valence-corrected chi connectivity index (χ2v) is 5.45. The molecule has 0 aliphatic carbocycles. The predicted octanol–water partition coefficient (Wildman–Crippen LogP) is 2.66. The maximum absolute atomic E-state index is 12.0. The number of methoxy groups -OCH3 is 1. The van der Waals surface area contributed by atoms with E-state index in [9.17, 15) is 9.59 Å². The van der Waals surface area contributed by atoms with Gasteiger partial charge < -0.3 is 14.2 Å². The van der Waals surface area contributed by atoms with Crippen LogP contribution in [0, 0.1) is 0 Å². The van der Waals surface area contributed by atoms with Gasteiger partial charge in [0.2, 0.25) is 0 Å². The van der Waals surface area contributed by atoms with E-state index in [1.807, 2.05) is 6.92 Å². The van der Waals surface area contributed by atoms with Gasteiger partial charge in [-0.25, -0.2) is 4.79 Å². The van der Waals surface area contributed by atoms with E-state index in [0.717, 1.165) is 6.42 Å². The summed E-state index contributed by atoms with van der Waals surface area (Å²) in [6.45, 7) is 3.25. The molecule has 0 spiro atoms. The Morgan fingerprint density at radius 1 is 1.53 bits per heavy atom. The first kappa shape index (κ1) is 16.7. The molecule has 0 aromatic rings. The summed E-state index contributed by atoms with van der Waals surface area (Å²) in [7, 11) is 1.44. The maximum Gasteiger partial charge on any atom is 0.341 e. The minimum Gasteiger partial charge on any atom is -0.457 e. The Morgan fingerprint density at radius 3 is 2.53 bits per heavy atom. The lowest BCUT2D eigenvalue weighted by Gasteiger charge is -2.24. The van der Waals surface area contributed by atoms with Crippen molar-refractivity contribution >= 4 is 43.8 Å². The number of carbonyl (C=O) groups excluding carboxylic acids is 2. The van der Waals surface area contributed by atoms with Crippen LogP contribution in [0.15, 0.2) is 10.1 Å². The normalized spacial score (nSPS) is 24.4. The standard InChI is InChI=1S/C12H16Br2O5/c1-4-5-8(18-7(2)15)9-10(14)12(6-13,17-3)19-11(9)16/h8H,4-6H2,1-3H3/t8-,12-/m1/s1. The van der Waals surface area contributed by atoms with Crippen molar-refractivity contribution < 1.29 is 23.8 Å². The Bertz CT molecular complexity index is 401. The van der Waals surface area contributed by atoms with Crippen LogP contribution >= 0.6 is 31.9 Å². The fraction of sp³-hybridized carbons (Fsp3) is 0.667. The third-order valence-electron chi connectivity index (χ3n) is 2.74. The average molecular weight is 400 g/mol. The van der Waals surface area contributed by atoms with Gasteiger partial charge >= 0.3 is 11.9 Å². The first-order valence-electron chi connectivity index (χ1n) is 5.83. The molecule has 5 nitrogen and oxygen atoms in total. The summed E-state index contributed by atoms with van der Waals surface area (Å²) >= 11 is 6.59. The third kappa shape index (κ3) is 3.38. The van der Waals surface area contributed by atoms with Crippen LogP contribution in [0.2, 0.25) is 0 Å². The molecule has 0 amide bonds. The van der Waals surface area contributed by atoms with Crippen LogP contribution in [-0.2, 0) is 23.8 Å². The molecule has 0 unspecified atom stereocenters. The monoisotopic (exact) mass is 398 g/mol. The second-order valence-electron chi connectivity index (χ2n) is 4.09. The van der Waals surface area contributed by atoms with Gasteiger partial charge in [-0.15, -0.1) is 0 Å². The van der Waals surface area contributed by atoms with Gasteiger partial charge in [-0.05, 0) is 22.4 Å². The zero-order chi connectivity index (χ0) is 14.6. The Balaban J connectivity index is 3.15. The SMILES string of the molecule is CCC[C@@H](OC(C)=O)C1=C(Br)[C@](CBr)(OC)OC1=O. The summed E-state index contributed by atoms with van der Waals surface area (Å²) in [4.78, 5) is 23.2. The number of halogens is 2. The smallest absolute Gasteiger partial charge is 0.341 e. The van der Waals surface area contributed by atoms with Crippen molar-refractivity contribution in [1.82, 2.24) is 0 Å². The van der Waals surface area contributed by atoms with Crippen molar-refractivity contribution in [3.63, 3.8) is 0 Å². The molecule has 0 saturated heterocycles. The van der Waals surface area contributed by atoms with Crippen LogP contribution < -0.4 is 0 Å². The average Bonchev–Trinajstić information content (AvgIpc) is 2.60. The molecule has 1 aliphatic rings. The highest BCUT2D eigenvalue weighted by Gasteiger charge is 2.49. The van der Waals surface area contributed by atoms with E-state index in [1.165, 1.54) is 14.0 Å². The van der Waals surface area contributed by atoms with E-state index in [-0.39, 0.29) is 5.33 Å². The van der Waals surface area contributed by atoms with Crippen molar-refractivity contribution in [2.24, 2.45) is 0 Å². The fourth-order valence-corrected chi connectivity index (χ4v) is 3.61. The number of esters is 2. The van der Waals surface area contributed by atoms with Gasteiger partial charge in [0.25, 0.3) is 5.79 Å². The number of ether oxygens (including phenoxy) is 3. The van der Waals surface area contributed by atoms with Gasteiger partial charge in [-0.3, -0.25) is 4.79 Å². The van der Waals surface area contributed by atoms with Crippen LogP contribution in [0.4, 0.5) is 0 Å². The van der Waals surface area contributed by atoms with E-state index >= 15 is 0 Å². The topological polar surface area (TPSA) is 61.8 Å². The summed E-state index contributed by atoms with van der Waals surface area (Å²) in [6.07, 6.45) is 0.685. The predicted molar refractivity (Wildman–Crippen MR) is 76.0 cm³/mol. The maximum atomic E-state index is 12.0. The Labute approximate surface area is 128 Å². The van der Waals surface area contributed by atoms with Gasteiger partial charge in [-0.1, -0.05) is 29.3 Å². The molecule has 0 saturated carbocycles. The van der Waals surface area contributed by atoms with Gasteiger partial charge in [0.05, 0.1) is 15.4 Å². The van der Waals surface area contributed by atoms with Crippen LogP contribution in [0.3, 0.4) is 0 Å². The van der Waals surface area contributed by atoms with Gasteiger partial charge in [0.1, 0.15) is 6.10 Å². The van der Waals surface area contributed by atoms with Crippen molar-refractivity contribution in [3.8, 4) is 0 Å². The lowest BCUT2D eigenvalue weighted by Crippen LogP contribution is -2.34. The highest BCUT2D eigenvalue weighted by atomic mass is 79.9. The lowest BCUT2D eigenvalue weighted by molar-refractivity contribution is -0.181. The molecular formula is C12H16Br2O5. The Morgan fingerprint density at radius 2 is 2.16 bits per heavy atom. The molecule has 2 atom stereocenters. The molecule has 19 heavy (non-hydrogen) atoms. The third-order valence-corrected chi connectivity index (χ3v) is 4.50. The number of rotatable bonds is 6. The molecule has 0 aromatic carbocycles. The van der Waals surface area contributed by atoms with Crippen molar-refractivity contribution in [2.75, 3.05) is 12.4 Å². The number of carbonyl (C=O) groups is 2. The van der Waals surface area contributed by atoms with E-state index in [4.69, 9.17) is 14.2 Å². The molecule has 108 valence electrons. The van der Waals surface area contributed by atoms with Crippen LogP contribution in [0.5, 0.6) is 0 Å². The molecule has 1 heterocycles. The summed E-state index contributed by atoms with van der Waals surface area (Å²) in [6, 6.07) is 0. The lowest BCUT2D eigenvalue weighted by atomic mass is 10.0. The molecule has 1 rings (SSSR count). The molecule has 0 fully saturated rings. The fourth-order valence-electron chi connectivity index (χ4n) is 1.81. The van der Waals surface area contributed by atoms with E-state index in [1.54, 1.807) is 0 Å². The summed E-state index contributed by atoms with van der Waals surface area (Å²) in [5.41, 5.74) is 0.304. The minimum atomic E-state index is -1.18. The highest BCUT2D eigenvalue weighted by Crippen LogP contribution is 2.41. The van der Waals surface area contributed by atoms with Gasteiger partial charge in [0, 0.05) is 14.0 Å². The van der Waals surface area contributed by atoms with Crippen LogP contribution in [0.25, 0.3) is 0 Å². The second kappa shape index (κ2) is 6.85. The molecule has 0 aromatic heterocycles. The first-order valence-corrected chi connectivity index (χ1v) is 7.75. The Hall–Kier alpha value is -0.400. The zero-order valence-corrected chi connectivity index (χ0v) is 14.2. The molecule has 1 aliphatic heterocycles. The number of hydrogen-bond donors (Lipinski definition) is 0.